The number of fused-ring (bicyclic) bond motifs is 1. The van der Waals surface area contributed by atoms with Gasteiger partial charge in [-0.25, -0.2) is 4.79 Å². The van der Waals surface area contributed by atoms with Gasteiger partial charge in [-0.3, -0.25) is 9.35 Å². The second kappa shape index (κ2) is 7.41. The van der Waals surface area contributed by atoms with Crippen LogP contribution in [0.15, 0.2) is 0 Å². The fourth-order valence-electron chi connectivity index (χ4n) is 6.19. The summed E-state index contributed by atoms with van der Waals surface area (Å²) in [5, 5.41) is -5.67. The number of carbonyl (C=O) groups is 2. The molecule has 6 fully saturated rings. The van der Waals surface area contributed by atoms with E-state index >= 15 is 0 Å². The first-order valence-corrected chi connectivity index (χ1v) is 13.4. The summed E-state index contributed by atoms with van der Waals surface area (Å²) < 4.78 is 79.0. The summed E-state index contributed by atoms with van der Waals surface area (Å²) in [5.74, 6) is -2.47. The molecule has 0 aromatic heterocycles. The molecule has 2 saturated heterocycles. The molecule has 0 radical (unpaired) electrons. The van der Waals surface area contributed by atoms with Crippen molar-refractivity contribution in [1.82, 2.24) is 0 Å². The van der Waals surface area contributed by atoms with Gasteiger partial charge < -0.3 is 18.9 Å². The monoisotopic (exact) mass is 516 g/mol. The van der Waals surface area contributed by atoms with Gasteiger partial charge in [-0.1, -0.05) is 0 Å². The van der Waals surface area contributed by atoms with Crippen LogP contribution in [0.2, 0.25) is 0 Å². The Hall–Kier alpha value is -0.670. The number of ether oxygens (including phenoxy) is 4. The van der Waals surface area contributed by atoms with E-state index in [0.717, 1.165) is 12.8 Å². The maximum absolute atomic E-state index is 13.9. The highest BCUT2D eigenvalue weighted by molar-refractivity contribution is 8.22. The van der Waals surface area contributed by atoms with Crippen LogP contribution in [0.25, 0.3) is 0 Å². The molecule has 2 heterocycles. The van der Waals surface area contributed by atoms with Crippen molar-refractivity contribution in [2.45, 2.75) is 63.8 Å². The topological polar surface area (TPSA) is 125 Å². The second-order valence-electron chi connectivity index (χ2n) is 9.13. The molecule has 4 aliphatic carbocycles. The van der Waals surface area contributed by atoms with Crippen molar-refractivity contribution in [2.24, 2.45) is 17.8 Å². The summed E-state index contributed by atoms with van der Waals surface area (Å²) >= 11 is 3.16. The van der Waals surface area contributed by atoms with Crippen LogP contribution in [-0.2, 0) is 38.7 Å². The lowest BCUT2D eigenvalue weighted by Crippen LogP contribution is -2.62. The Morgan fingerprint density at radius 2 is 1.91 bits per heavy atom. The molecule has 5 atom stereocenters. The first-order chi connectivity index (χ1) is 14.9. The number of hydrogen-bond acceptors (Lipinski definition) is 10. The number of alkyl halides is 2. The summed E-state index contributed by atoms with van der Waals surface area (Å²) in [5.41, 5.74) is -1.20. The molecular formula is C18H22F2O9S3. The zero-order valence-electron chi connectivity index (χ0n) is 16.9. The predicted molar refractivity (Wildman–Crippen MR) is 107 cm³/mol. The van der Waals surface area contributed by atoms with Gasteiger partial charge in [0.05, 0.1) is 9.33 Å². The number of rotatable bonds is 6. The van der Waals surface area contributed by atoms with Crippen LogP contribution in [0, 0.1) is 17.8 Å². The number of thioether (sulfide) groups is 2. The Balaban J connectivity index is 1.37. The number of halogens is 2. The van der Waals surface area contributed by atoms with Crippen LogP contribution in [-0.4, -0.2) is 70.5 Å². The van der Waals surface area contributed by atoms with Gasteiger partial charge in [-0.05, 0) is 49.9 Å². The molecule has 1 spiro atoms. The Labute approximate surface area is 191 Å². The minimum atomic E-state index is -5.93. The second-order valence-corrected chi connectivity index (χ2v) is 13.7. The maximum Gasteiger partial charge on any atom is 0.465 e. The molecule has 0 aromatic carbocycles. The van der Waals surface area contributed by atoms with Gasteiger partial charge in [0.2, 0.25) is 6.29 Å². The molecule has 1 N–H and O–H groups in total. The van der Waals surface area contributed by atoms with E-state index in [9.17, 15) is 26.8 Å². The van der Waals surface area contributed by atoms with Crippen LogP contribution in [0.5, 0.6) is 0 Å². The Bertz CT molecular complexity index is 926. The van der Waals surface area contributed by atoms with Crippen molar-refractivity contribution in [3.8, 4) is 0 Å². The molecule has 6 rings (SSSR count). The van der Waals surface area contributed by atoms with Crippen LogP contribution >= 0.6 is 23.5 Å². The highest BCUT2D eigenvalue weighted by Crippen LogP contribution is 2.74. The standard InChI is InChI=1S/C18H22F2O9S3/c1-26-7-27-14-12-11(13(21)28-14)30-17(31-12)9-2-8-3-10(17)6-16(4-8,5-9)29-15(22)18(19,20)32(23,24)25/h8-12,14H,2-7H2,1H3,(H,23,24,25). The zero-order valence-corrected chi connectivity index (χ0v) is 19.4. The molecule has 180 valence electrons. The van der Waals surface area contributed by atoms with E-state index < -0.39 is 38.5 Å². The maximum atomic E-state index is 13.9. The number of cyclic esters (lactones) is 1. The minimum absolute atomic E-state index is 0.0163. The van der Waals surface area contributed by atoms with Gasteiger partial charge >= 0.3 is 27.3 Å². The SMILES string of the molecule is COCOC1OC(=O)C2SC3(SC12)C1CC2CC3CC(OC(=O)C(F)(F)S(=O)(=O)O)(C2)C1. The summed E-state index contributed by atoms with van der Waals surface area (Å²) in [6, 6.07) is 0. The fourth-order valence-corrected chi connectivity index (χ4v) is 10.8. The molecule has 4 bridgehead atoms. The lowest BCUT2D eigenvalue weighted by atomic mass is 9.53. The molecule has 9 nitrogen and oxygen atoms in total. The van der Waals surface area contributed by atoms with E-state index in [1.54, 1.807) is 11.8 Å². The predicted octanol–water partition coefficient (Wildman–Crippen LogP) is 2.01. The van der Waals surface area contributed by atoms with Gasteiger partial charge in [0.25, 0.3) is 0 Å². The first kappa shape index (κ1) is 23.1. The molecular weight excluding hydrogens is 494 g/mol. The summed E-state index contributed by atoms with van der Waals surface area (Å²) in [6.45, 7) is -0.0185. The lowest BCUT2D eigenvalue weighted by Gasteiger charge is -2.63. The summed E-state index contributed by atoms with van der Waals surface area (Å²) in [4.78, 5) is 24.5. The molecule has 0 amide bonds. The number of hydrogen-bond donors (Lipinski definition) is 1. The largest absolute Gasteiger partial charge is 0.465 e. The van der Waals surface area contributed by atoms with Crippen molar-refractivity contribution in [2.75, 3.05) is 13.9 Å². The van der Waals surface area contributed by atoms with Crippen molar-refractivity contribution in [3.63, 3.8) is 0 Å². The third-order valence-electron chi connectivity index (χ3n) is 7.15. The van der Waals surface area contributed by atoms with Crippen molar-refractivity contribution in [3.05, 3.63) is 0 Å². The van der Waals surface area contributed by atoms with Gasteiger partial charge in [0.15, 0.2) is 6.79 Å². The van der Waals surface area contributed by atoms with Crippen LogP contribution in [0.1, 0.15) is 32.1 Å². The highest BCUT2D eigenvalue weighted by Gasteiger charge is 2.71. The van der Waals surface area contributed by atoms with Gasteiger partial charge in [-0.15, -0.1) is 23.5 Å². The third-order valence-corrected chi connectivity index (χ3v) is 12.3. The van der Waals surface area contributed by atoms with Crippen LogP contribution < -0.4 is 0 Å². The number of methoxy groups -OCH3 is 1. The average Bonchev–Trinajstić information content (AvgIpc) is 3.21. The van der Waals surface area contributed by atoms with E-state index in [2.05, 4.69) is 0 Å². The molecule has 14 heteroatoms. The normalized spacial score (nSPS) is 44.7. The van der Waals surface area contributed by atoms with Gasteiger partial charge in [-0.2, -0.15) is 17.2 Å². The molecule has 2 aliphatic heterocycles. The minimum Gasteiger partial charge on any atom is -0.454 e. The van der Waals surface area contributed by atoms with Crippen LogP contribution in [0.3, 0.4) is 0 Å². The number of esters is 2. The van der Waals surface area contributed by atoms with Crippen molar-refractivity contribution < 1.29 is 50.3 Å². The third kappa shape index (κ3) is 3.31. The zero-order chi connectivity index (χ0) is 23.1. The molecule has 0 aromatic rings. The van der Waals surface area contributed by atoms with Gasteiger partial charge in [0.1, 0.15) is 10.9 Å². The van der Waals surface area contributed by atoms with Crippen molar-refractivity contribution in [1.29, 1.82) is 0 Å². The Kier molecular flexibility index (Phi) is 5.35. The van der Waals surface area contributed by atoms with E-state index in [4.69, 9.17) is 23.5 Å². The Morgan fingerprint density at radius 3 is 2.50 bits per heavy atom. The van der Waals surface area contributed by atoms with Crippen molar-refractivity contribution >= 4 is 45.6 Å². The fraction of sp³-hybridized carbons (Fsp3) is 0.889. The van der Waals surface area contributed by atoms with E-state index in [1.165, 1.54) is 18.9 Å². The smallest absolute Gasteiger partial charge is 0.454 e. The Morgan fingerprint density at radius 1 is 1.25 bits per heavy atom. The lowest BCUT2D eigenvalue weighted by molar-refractivity contribution is -0.201. The molecule has 5 unspecified atom stereocenters. The molecule has 6 aliphatic rings. The molecule has 4 saturated carbocycles. The van der Waals surface area contributed by atoms with E-state index in [-0.39, 0.29) is 39.8 Å². The first-order valence-electron chi connectivity index (χ1n) is 10.2. The summed E-state index contributed by atoms with van der Waals surface area (Å²) in [6.07, 6.45) is 1.86. The van der Waals surface area contributed by atoms with E-state index in [1.807, 2.05) is 0 Å². The van der Waals surface area contributed by atoms with Crippen LogP contribution in [0.4, 0.5) is 8.78 Å². The quantitative estimate of drug-likeness (QED) is 0.317. The highest BCUT2D eigenvalue weighted by atomic mass is 32.2. The van der Waals surface area contributed by atoms with Gasteiger partial charge in [0, 0.05) is 7.11 Å². The molecule has 32 heavy (non-hydrogen) atoms. The van der Waals surface area contributed by atoms with E-state index in [0.29, 0.717) is 19.3 Å². The summed E-state index contributed by atoms with van der Waals surface area (Å²) in [7, 11) is -4.46. The average molecular weight is 517 g/mol. The number of carbonyl (C=O) groups excluding carboxylic acids is 2.